The van der Waals surface area contributed by atoms with E-state index in [4.69, 9.17) is 4.74 Å². The molecular weight excluding hydrogens is 294 g/mol. The van der Waals surface area contributed by atoms with Gasteiger partial charge in [-0.1, -0.05) is 0 Å². The SMILES string of the molecule is CCOC(=O)NC1CCCN(C(=O)c2ccc(F)c(F)c2)C1. The van der Waals surface area contributed by atoms with E-state index in [1.54, 1.807) is 6.92 Å². The summed E-state index contributed by atoms with van der Waals surface area (Å²) in [6.45, 7) is 2.81. The van der Waals surface area contributed by atoms with E-state index >= 15 is 0 Å². The van der Waals surface area contributed by atoms with Gasteiger partial charge >= 0.3 is 6.09 Å². The third-order valence-corrected chi connectivity index (χ3v) is 3.47. The van der Waals surface area contributed by atoms with Gasteiger partial charge in [0.1, 0.15) is 0 Å². The van der Waals surface area contributed by atoms with Crippen molar-refractivity contribution in [1.82, 2.24) is 10.2 Å². The number of hydrogen-bond donors (Lipinski definition) is 1. The van der Waals surface area contributed by atoms with E-state index < -0.39 is 17.7 Å². The van der Waals surface area contributed by atoms with Gasteiger partial charge in [0.2, 0.25) is 0 Å². The Hall–Kier alpha value is -2.18. The van der Waals surface area contributed by atoms with Gasteiger partial charge in [-0.2, -0.15) is 0 Å². The van der Waals surface area contributed by atoms with Crippen molar-refractivity contribution >= 4 is 12.0 Å². The number of alkyl carbamates (subject to hydrolysis) is 1. The van der Waals surface area contributed by atoms with E-state index in [-0.39, 0.29) is 24.1 Å². The molecule has 0 aromatic heterocycles. The summed E-state index contributed by atoms with van der Waals surface area (Å²) in [5, 5.41) is 2.69. The minimum Gasteiger partial charge on any atom is -0.450 e. The minimum atomic E-state index is -1.05. The zero-order chi connectivity index (χ0) is 16.1. The van der Waals surface area contributed by atoms with Crippen LogP contribution < -0.4 is 5.32 Å². The fourth-order valence-corrected chi connectivity index (χ4v) is 2.43. The number of hydrogen-bond acceptors (Lipinski definition) is 3. The molecule has 2 rings (SSSR count). The fraction of sp³-hybridized carbons (Fsp3) is 0.467. The number of ether oxygens (including phenoxy) is 1. The normalized spacial score (nSPS) is 18.0. The van der Waals surface area contributed by atoms with Gasteiger partial charge in [-0.05, 0) is 38.0 Å². The molecule has 0 bridgehead atoms. The van der Waals surface area contributed by atoms with E-state index in [9.17, 15) is 18.4 Å². The summed E-state index contributed by atoms with van der Waals surface area (Å²) in [4.78, 5) is 25.2. The van der Waals surface area contributed by atoms with Crippen LogP contribution in [-0.2, 0) is 4.74 Å². The molecule has 1 aliphatic heterocycles. The topological polar surface area (TPSA) is 58.6 Å². The number of halogens is 2. The van der Waals surface area contributed by atoms with E-state index in [1.165, 1.54) is 11.0 Å². The largest absolute Gasteiger partial charge is 0.450 e. The molecule has 0 aliphatic carbocycles. The highest BCUT2D eigenvalue weighted by atomic mass is 19.2. The number of amides is 2. The van der Waals surface area contributed by atoms with Gasteiger partial charge in [0.15, 0.2) is 11.6 Å². The van der Waals surface area contributed by atoms with Crippen LogP contribution in [0.25, 0.3) is 0 Å². The number of nitrogens with one attached hydrogen (secondary N) is 1. The first-order valence-electron chi connectivity index (χ1n) is 7.19. The second-order valence-corrected chi connectivity index (χ2v) is 5.08. The van der Waals surface area contributed by atoms with E-state index in [2.05, 4.69) is 5.32 Å². The van der Waals surface area contributed by atoms with Crippen molar-refractivity contribution in [1.29, 1.82) is 0 Å². The van der Waals surface area contributed by atoms with Crippen molar-refractivity contribution in [3.8, 4) is 0 Å². The molecule has 7 heteroatoms. The van der Waals surface area contributed by atoms with Crippen LogP contribution >= 0.6 is 0 Å². The highest BCUT2D eigenvalue weighted by molar-refractivity contribution is 5.94. The lowest BCUT2D eigenvalue weighted by molar-refractivity contribution is 0.0685. The van der Waals surface area contributed by atoms with Crippen LogP contribution in [0.3, 0.4) is 0 Å². The molecule has 5 nitrogen and oxygen atoms in total. The van der Waals surface area contributed by atoms with Crippen LogP contribution in [0.2, 0.25) is 0 Å². The molecule has 2 amide bonds. The van der Waals surface area contributed by atoms with Crippen LogP contribution in [0.5, 0.6) is 0 Å². The average Bonchev–Trinajstić information content (AvgIpc) is 2.50. The first kappa shape index (κ1) is 16.2. The Balaban J connectivity index is 2.00. The molecule has 1 heterocycles. The van der Waals surface area contributed by atoms with Crippen LogP contribution in [0.1, 0.15) is 30.1 Å². The molecule has 1 atom stereocenters. The third-order valence-electron chi connectivity index (χ3n) is 3.47. The second kappa shape index (κ2) is 7.20. The predicted octanol–water partition coefficient (Wildman–Crippen LogP) is 2.32. The van der Waals surface area contributed by atoms with Gasteiger partial charge in [-0.25, -0.2) is 13.6 Å². The summed E-state index contributed by atoms with van der Waals surface area (Å²) >= 11 is 0. The summed E-state index contributed by atoms with van der Waals surface area (Å²) < 4.78 is 31.0. The smallest absolute Gasteiger partial charge is 0.407 e. The number of carbonyl (C=O) groups is 2. The van der Waals surface area contributed by atoms with Gasteiger partial charge in [0, 0.05) is 24.7 Å². The van der Waals surface area contributed by atoms with Gasteiger partial charge in [0.25, 0.3) is 5.91 Å². The van der Waals surface area contributed by atoms with Gasteiger partial charge in [-0.15, -0.1) is 0 Å². The van der Waals surface area contributed by atoms with E-state index in [0.717, 1.165) is 18.6 Å². The number of benzene rings is 1. The summed E-state index contributed by atoms with van der Waals surface area (Å²) in [7, 11) is 0. The van der Waals surface area contributed by atoms with Crippen molar-refractivity contribution in [2.75, 3.05) is 19.7 Å². The molecule has 1 saturated heterocycles. The Labute approximate surface area is 127 Å². The second-order valence-electron chi connectivity index (χ2n) is 5.08. The number of rotatable bonds is 3. The maximum absolute atomic E-state index is 13.2. The Morgan fingerprint density at radius 1 is 1.36 bits per heavy atom. The van der Waals surface area contributed by atoms with Crippen molar-refractivity contribution in [3.05, 3.63) is 35.4 Å². The Bertz CT molecular complexity index is 566. The van der Waals surface area contributed by atoms with E-state index in [0.29, 0.717) is 19.5 Å². The molecule has 1 aromatic rings. The van der Waals surface area contributed by atoms with E-state index in [1.807, 2.05) is 0 Å². The molecule has 1 fully saturated rings. The lowest BCUT2D eigenvalue weighted by Crippen LogP contribution is -2.49. The Morgan fingerprint density at radius 3 is 2.82 bits per heavy atom. The standard InChI is InChI=1S/C15H18F2N2O3/c1-2-22-15(21)18-11-4-3-7-19(9-11)14(20)10-5-6-12(16)13(17)8-10/h5-6,8,11H,2-4,7,9H2,1H3,(H,18,21). The molecule has 1 aliphatic rings. The number of carbonyl (C=O) groups excluding carboxylic acids is 2. The lowest BCUT2D eigenvalue weighted by atomic mass is 10.0. The maximum Gasteiger partial charge on any atom is 0.407 e. The summed E-state index contributed by atoms with van der Waals surface area (Å²) in [5.41, 5.74) is 0.0932. The van der Waals surface area contributed by atoms with Crippen LogP contribution in [-0.4, -0.2) is 42.6 Å². The van der Waals surface area contributed by atoms with Crippen molar-refractivity contribution in [3.63, 3.8) is 0 Å². The number of nitrogens with zero attached hydrogens (tertiary/aromatic N) is 1. The molecule has 22 heavy (non-hydrogen) atoms. The zero-order valence-corrected chi connectivity index (χ0v) is 12.3. The monoisotopic (exact) mass is 312 g/mol. The van der Waals surface area contributed by atoms with Gasteiger partial charge in [0.05, 0.1) is 6.61 Å². The third kappa shape index (κ3) is 3.93. The molecular formula is C15H18F2N2O3. The molecule has 120 valence electrons. The number of likely N-dealkylation sites (tertiary alicyclic amines) is 1. The van der Waals surface area contributed by atoms with Crippen molar-refractivity contribution < 1.29 is 23.1 Å². The summed E-state index contributed by atoms with van der Waals surface area (Å²) in [5.74, 6) is -2.42. The fourth-order valence-electron chi connectivity index (χ4n) is 2.43. The average molecular weight is 312 g/mol. The Kier molecular flexibility index (Phi) is 5.30. The van der Waals surface area contributed by atoms with Gasteiger partial charge < -0.3 is 15.0 Å². The van der Waals surface area contributed by atoms with Crippen LogP contribution in [0.15, 0.2) is 18.2 Å². The Morgan fingerprint density at radius 2 is 2.14 bits per heavy atom. The first-order chi connectivity index (χ1) is 10.5. The van der Waals surface area contributed by atoms with Crippen molar-refractivity contribution in [2.24, 2.45) is 0 Å². The molecule has 1 aromatic carbocycles. The predicted molar refractivity (Wildman–Crippen MR) is 75.4 cm³/mol. The molecule has 0 spiro atoms. The van der Waals surface area contributed by atoms with Crippen molar-refractivity contribution in [2.45, 2.75) is 25.8 Å². The molecule has 1 unspecified atom stereocenters. The molecule has 1 N–H and O–H groups in total. The van der Waals surface area contributed by atoms with Gasteiger partial charge in [-0.3, -0.25) is 4.79 Å². The highest BCUT2D eigenvalue weighted by Crippen LogP contribution is 2.16. The molecule has 0 radical (unpaired) electrons. The highest BCUT2D eigenvalue weighted by Gasteiger charge is 2.26. The zero-order valence-electron chi connectivity index (χ0n) is 12.3. The van der Waals surface area contributed by atoms with Crippen LogP contribution in [0.4, 0.5) is 13.6 Å². The lowest BCUT2D eigenvalue weighted by Gasteiger charge is -2.33. The maximum atomic E-state index is 13.2. The molecule has 0 saturated carbocycles. The first-order valence-corrected chi connectivity index (χ1v) is 7.19. The minimum absolute atomic E-state index is 0.0932. The summed E-state index contributed by atoms with van der Waals surface area (Å²) in [6, 6.07) is 2.87. The number of piperidine rings is 1. The van der Waals surface area contributed by atoms with Crippen LogP contribution in [0, 0.1) is 11.6 Å². The summed E-state index contributed by atoms with van der Waals surface area (Å²) in [6.07, 6.45) is 0.932. The quantitative estimate of drug-likeness (QED) is 0.932.